The van der Waals surface area contributed by atoms with Gasteiger partial charge in [0.2, 0.25) is 0 Å². The minimum Gasteiger partial charge on any atom is -0.456 e. The molecule has 5 nitrogen and oxygen atoms in total. The Hall–Kier alpha value is -7.02. The maximum absolute atomic E-state index is 6.58. The van der Waals surface area contributed by atoms with Gasteiger partial charge in [-0.1, -0.05) is 133 Å². The summed E-state index contributed by atoms with van der Waals surface area (Å²) in [4.78, 5) is 18.5. The molecule has 270 valence electrons. The second-order valence-electron chi connectivity index (χ2n) is 14.3. The molecule has 1 aliphatic heterocycles. The van der Waals surface area contributed by atoms with Gasteiger partial charge >= 0.3 is 0 Å². The minimum atomic E-state index is 0.405. The second kappa shape index (κ2) is 13.9. The molecule has 0 spiro atoms. The summed E-state index contributed by atoms with van der Waals surface area (Å²) >= 11 is 1.98. The topological polar surface area (TPSA) is 55.1 Å². The first-order valence-electron chi connectivity index (χ1n) is 19.2. The summed E-state index contributed by atoms with van der Waals surface area (Å²) in [6.07, 6.45) is 5.67. The van der Waals surface area contributed by atoms with E-state index in [0.29, 0.717) is 22.7 Å². The average molecular weight is 751 g/mol. The number of para-hydroxylation sites is 1. The molecule has 0 N–H and O–H groups in total. The van der Waals surface area contributed by atoms with E-state index in [1.807, 2.05) is 78.5 Å². The number of hydrogen-bond acceptors (Lipinski definition) is 6. The Morgan fingerprint density at radius 1 is 0.509 bits per heavy atom. The molecule has 1 unspecified atom stereocenters. The number of nitrogens with zero attached hydrogens (tertiary/aromatic N) is 4. The molecule has 2 aliphatic rings. The molecule has 7 aromatic carbocycles. The number of hydrogen-bond donors (Lipinski definition) is 0. The third-order valence-corrected chi connectivity index (χ3v) is 12.1. The van der Waals surface area contributed by atoms with Crippen LogP contribution in [0, 0.1) is 0 Å². The zero-order valence-electron chi connectivity index (χ0n) is 30.8. The second-order valence-corrected chi connectivity index (χ2v) is 15.5. The summed E-state index contributed by atoms with van der Waals surface area (Å²) < 4.78 is 6.58. The number of rotatable bonds is 7. The van der Waals surface area contributed by atoms with Gasteiger partial charge in [0.05, 0.1) is 5.70 Å². The molecule has 0 fully saturated rings. The first-order valence-corrected chi connectivity index (χ1v) is 20.1. The molecule has 1 aliphatic carbocycles. The Morgan fingerprint density at radius 3 is 1.82 bits per heavy atom. The van der Waals surface area contributed by atoms with Crippen LogP contribution in [0.15, 0.2) is 203 Å². The van der Waals surface area contributed by atoms with Crippen LogP contribution in [0.1, 0.15) is 12.0 Å². The zero-order valence-corrected chi connectivity index (χ0v) is 31.6. The first kappa shape index (κ1) is 33.3. The molecule has 11 rings (SSSR count). The Kier molecular flexibility index (Phi) is 8.14. The molecule has 0 bridgehead atoms. The molecule has 1 atom stereocenters. The summed E-state index contributed by atoms with van der Waals surface area (Å²) in [7, 11) is 0. The standard InChI is InChI=1S/C51H34N4OS/c1-4-14-34(15-5-1)49-52-50(35-16-6-2-7-17-35)54-51(53-49)36-28-31-40-44(32-36)56-43-23-12-21-39(47(40)43)33-26-29-38(30-27-33)55(37-18-8-3-9-19-37)42-22-13-25-46-48(42)41-20-10-11-24-45(41)57-46/h1-24,26-32,46H,25H2. The lowest BCUT2D eigenvalue weighted by molar-refractivity contribution is 0.669. The minimum absolute atomic E-state index is 0.405. The fourth-order valence-corrected chi connectivity index (χ4v) is 9.51. The average Bonchev–Trinajstić information content (AvgIpc) is 3.86. The summed E-state index contributed by atoms with van der Waals surface area (Å²) in [5, 5.41) is 2.53. The van der Waals surface area contributed by atoms with Gasteiger partial charge in [0, 0.05) is 49.0 Å². The molecule has 2 aromatic heterocycles. The van der Waals surface area contributed by atoms with E-state index in [9.17, 15) is 0 Å². The summed E-state index contributed by atoms with van der Waals surface area (Å²) in [6, 6.07) is 61.2. The SMILES string of the molecule is C1=CC(N(c2ccccc2)c2ccc(-c3cccc4oc5cc(-c6nc(-c7ccccc7)nc(-c7ccccc7)n6)ccc5c34)cc2)=C2c3ccccc3SC2C1. The van der Waals surface area contributed by atoms with E-state index in [1.54, 1.807) is 0 Å². The molecular weight excluding hydrogens is 717 g/mol. The highest BCUT2D eigenvalue weighted by molar-refractivity contribution is 8.00. The monoisotopic (exact) mass is 750 g/mol. The molecule has 3 heterocycles. The van der Waals surface area contributed by atoms with E-state index < -0.39 is 0 Å². The van der Waals surface area contributed by atoms with Crippen molar-refractivity contribution in [2.24, 2.45) is 0 Å². The largest absolute Gasteiger partial charge is 0.456 e. The number of aromatic nitrogens is 3. The van der Waals surface area contributed by atoms with E-state index in [4.69, 9.17) is 19.4 Å². The van der Waals surface area contributed by atoms with Gasteiger partial charge in [0.25, 0.3) is 0 Å². The van der Waals surface area contributed by atoms with Crippen LogP contribution in [0.25, 0.3) is 72.8 Å². The van der Waals surface area contributed by atoms with Gasteiger partial charge in [-0.25, -0.2) is 15.0 Å². The van der Waals surface area contributed by atoms with Crippen LogP contribution in [0.4, 0.5) is 11.4 Å². The zero-order chi connectivity index (χ0) is 37.7. The Balaban J connectivity index is 0.993. The normalized spacial score (nSPS) is 14.6. The smallest absolute Gasteiger partial charge is 0.164 e. The van der Waals surface area contributed by atoms with Crippen LogP contribution in [-0.4, -0.2) is 20.2 Å². The van der Waals surface area contributed by atoms with Crippen LogP contribution < -0.4 is 4.90 Å². The van der Waals surface area contributed by atoms with Crippen molar-refractivity contribution < 1.29 is 4.42 Å². The van der Waals surface area contributed by atoms with Gasteiger partial charge in [-0.2, -0.15) is 0 Å². The Bertz CT molecular complexity index is 2950. The van der Waals surface area contributed by atoms with Crippen molar-refractivity contribution in [2.75, 3.05) is 4.90 Å². The first-order chi connectivity index (χ1) is 28.2. The lowest BCUT2D eigenvalue weighted by Gasteiger charge is -2.31. The molecule has 6 heteroatoms. The predicted molar refractivity (Wildman–Crippen MR) is 234 cm³/mol. The van der Waals surface area contributed by atoms with Gasteiger partial charge in [0.1, 0.15) is 11.2 Å². The molecule has 9 aromatic rings. The Labute approximate surface area is 334 Å². The number of allylic oxidation sites excluding steroid dienone is 2. The van der Waals surface area contributed by atoms with Gasteiger partial charge in [-0.15, -0.1) is 11.8 Å². The van der Waals surface area contributed by atoms with Crippen molar-refractivity contribution in [1.82, 2.24) is 15.0 Å². The predicted octanol–water partition coefficient (Wildman–Crippen LogP) is 13.4. The highest BCUT2D eigenvalue weighted by Crippen LogP contribution is 2.51. The van der Waals surface area contributed by atoms with Gasteiger partial charge in [-0.05, 0) is 83.3 Å². The van der Waals surface area contributed by atoms with Crippen molar-refractivity contribution in [1.29, 1.82) is 0 Å². The molecule has 0 saturated heterocycles. The van der Waals surface area contributed by atoms with E-state index in [2.05, 4.69) is 126 Å². The lowest BCUT2D eigenvalue weighted by atomic mass is 9.93. The van der Waals surface area contributed by atoms with E-state index in [1.165, 1.54) is 21.7 Å². The van der Waals surface area contributed by atoms with Crippen LogP contribution in [0.5, 0.6) is 0 Å². The van der Waals surface area contributed by atoms with Crippen molar-refractivity contribution in [3.05, 3.63) is 199 Å². The van der Waals surface area contributed by atoms with E-state index in [0.717, 1.165) is 67.6 Å². The van der Waals surface area contributed by atoms with Crippen LogP contribution in [0.3, 0.4) is 0 Å². The summed E-state index contributed by atoms with van der Waals surface area (Å²) in [6.45, 7) is 0. The van der Waals surface area contributed by atoms with Gasteiger partial charge in [0.15, 0.2) is 17.5 Å². The third kappa shape index (κ3) is 5.93. The number of thioether (sulfide) groups is 1. The highest BCUT2D eigenvalue weighted by atomic mass is 32.2. The van der Waals surface area contributed by atoms with Crippen molar-refractivity contribution in [3.8, 4) is 45.3 Å². The van der Waals surface area contributed by atoms with Crippen molar-refractivity contribution in [2.45, 2.75) is 16.6 Å². The van der Waals surface area contributed by atoms with Gasteiger partial charge < -0.3 is 9.32 Å². The molecular formula is C51H34N4OS. The molecule has 0 radical (unpaired) electrons. The fraction of sp³-hybridized carbons (Fsp3) is 0.0392. The van der Waals surface area contributed by atoms with Crippen LogP contribution in [0.2, 0.25) is 0 Å². The maximum atomic E-state index is 6.58. The number of anilines is 2. The molecule has 0 amide bonds. The summed E-state index contributed by atoms with van der Waals surface area (Å²) in [5.74, 6) is 1.85. The molecule has 57 heavy (non-hydrogen) atoms. The maximum Gasteiger partial charge on any atom is 0.164 e. The van der Waals surface area contributed by atoms with Crippen LogP contribution >= 0.6 is 11.8 Å². The van der Waals surface area contributed by atoms with Crippen LogP contribution in [-0.2, 0) is 0 Å². The number of fused-ring (bicyclic) bond motifs is 6. The quantitative estimate of drug-likeness (QED) is 0.162. The third-order valence-electron chi connectivity index (χ3n) is 10.8. The molecule has 0 saturated carbocycles. The highest BCUT2D eigenvalue weighted by Gasteiger charge is 2.33. The summed E-state index contributed by atoms with van der Waals surface area (Å²) in [5.41, 5.74) is 12.8. The van der Waals surface area contributed by atoms with Gasteiger partial charge in [-0.3, -0.25) is 0 Å². The number of furan rings is 1. The van der Waals surface area contributed by atoms with E-state index >= 15 is 0 Å². The van der Waals surface area contributed by atoms with Crippen molar-refractivity contribution in [3.63, 3.8) is 0 Å². The lowest BCUT2D eigenvalue weighted by Crippen LogP contribution is -2.20. The van der Waals surface area contributed by atoms with E-state index in [-0.39, 0.29) is 0 Å². The Morgan fingerprint density at radius 2 is 1.11 bits per heavy atom. The number of benzene rings is 7. The van der Waals surface area contributed by atoms with Crippen molar-refractivity contribution >= 4 is 50.6 Å². The fourth-order valence-electron chi connectivity index (χ4n) is 8.17.